The Bertz CT molecular complexity index is 540. The third-order valence-corrected chi connectivity index (χ3v) is 3.83. The van der Waals surface area contributed by atoms with Crippen molar-refractivity contribution in [3.8, 4) is 0 Å². The van der Waals surface area contributed by atoms with Crippen molar-refractivity contribution in [2.75, 3.05) is 13.2 Å². The van der Waals surface area contributed by atoms with Gasteiger partial charge in [0.1, 0.15) is 6.61 Å². The molecule has 0 bridgehead atoms. The fraction of sp³-hybridized carbons (Fsp3) is 0.417. The Balaban J connectivity index is 2.69. The summed E-state index contributed by atoms with van der Waals surface area (Å²) in [4.78, 5) is 10.7. The normalized spacial score (nSPS) is 12.9. The average Bonchev–Trinajstić information content (AvgIpc) is 2.43. The van der Waals surface area contributed by atoms with E-state index in [-0.39, 0.29) is 18.0 Å². The molecule has 1 atom stereocenters. The molecule has 0 heterocycles. The minimum absolute atomic E-state index is 0.0224. The van der Waals surface area contributed by atoms with Crippen LogP contribution in [0.1, 0.15) is 12.5 Å². The van der Waals surface area contributed by atoms with Gasteiger partial charge in [-0.05, 0) is 17.7 Å². The van der Waals surface area contributed by atoms with Crippen molar-refractivity contribution in [3.63, 3.8) is 0 Å². The molecule has 1 unspecified atom stereocenters. The quantitative estimate of drug-likeness (QED) is 0.579. The maximum absolute atomic E-state index is 11.8. The van der Waals surface area contributed by atoms with Crippen molar-refractivity contribution in [2.45, 2.75) is 24.5 Å². The fourth-order valence-corrected chi connectivity index (χ4v) is 2.38. The van der Waals surface area contributed by atoms with E-state index in [4.69, 9.17) is 14.9 Å². The number of aliphatic hydroxyl groups is 2. The van der Waals surface area contributed by atoms with Crippen molar-refractivity contribution in [2.24, 2.45) is 0 Å². The molecule has 0 aliphatic heterocycles. The number of hydrogen-bond donors (Lipinski definition) is 3. The van der Waals surface area contributed by atoms with E-state index in [1.54, 1.807) is 0 Å². The first-order valence-corrected chi connectivity index (χ1v) is 7.34. The summed E-state index contributed by atoms with van der Waals surface area (Å²) in [5.41, 5.74) is 0.662. The number of hydrogen-bond acceptors (Lipinski definition) is 6. The number of esters is 1. The largest absolute Gasteiger partial charge is 0.461 e. The molecule has 1 aromatic carbocycles. The zero-order valence-electron chi connectivity index (χ0n) is 10.9. The van der Waals surface area contributed by atoms with Gasteiger partial charge in [-0.2, -0.15) is 0 Å². The van der Waals surface area contributed by atoms with E-state index in [1.807, 2.05) is 0 Å². The molecule has 0 aromatic heterocycles. The van der Waals surface area contributed by atoms with E-state index in [0.717, 1.165) is 0 Å². The Morgan fingerprint density at radius 1 is 1.35 bits per heavy atom. The summed E-state index contributed by atoms with van der Waals surface area (Å²) in [6.45, 7) is 0.569. The van der Waals surface area contributed by atoms with Gasteiger partial charge in [0.15, 0.2) is 0 Å². The molecule has 0 saturated heterocycles. The fourth-order valence-electron chi connectivity index (χ4n) is 1.30. The van der Waals surface area contributed by atoms with Crippen molar-refractivity contribution in [3.05, 3.63) is 29.8 Å². The van der Waals surface area contributed by atoms with Crippen molar-refractivity contribution in [1.82, 2.24) is 4.72 Å². The van der Waals surface area contributed by atoms with Crippen LogP contribution in [-0.4, -0.2) is 43.9 Å². The average molecular weight is 303 g/mol. The van der Waals surface area contributed by atoms with E-state index < -0.39 is 28.7 Å². The van der Waals surface area contributed by atoms with E-state index in [9.17, 15) is 13.2 Å². The molecule has 7 nitrogen and oxygen atoms in total. The number of aliphatic hydroxyl groups excluding tert-OH is 2. The predicted molar refractivity (Wildman–Crippen MR) is 70.2 cm³/mol. The van der Waals surface area contributed by atoms with Gasteiger partial charge in [0.05, 0.1) is 17.6 Å². The summed E-state index contributed by atoms with van der Waals surface area (Å²) in [7, 11) is -3.74. The molecule has 0 saturated carbocycles. The molecule has 112 valence electrons. The van der Waals surface area contributed by atoms with Crippen molar-refractivity contribution < 1.29 is 28.2 Å². The molecule has 0 amide bonds. The Morgan fingerprint density at radius 3 is 2.45 bits per heavy atom. The van der Waals surface area contributed by atoms with E-state index in [0.29, 0.717) is 5.56 Å². The van der Waals surface area contributed by atoms with Crippen LogP contribution in [0, 0.1) is 0 Å². The van der Waals surface area contributed by atoms with Crippen LogP contribution in [0.2, 0.25) is 0 Å². The third kappa shape index (κ3) is 5.25. The van der Waals surface area contributed by atoms with Gasteiger partial charge in [-0.1, -0.05) is 12.1 Å². The van der Waals surface area contributed by atoms with Crippen LogP contribution >= 0.6 is 0 Å². The minimum Gasteiger partial charge on any atom is -0.461 e. The monoisotopic (exact) mass is 303 g/mol. The summed E-state index contributed by atoms with van der Waals surface area (Å²) < 4.78 is 30.6. The Morgan fingerprint density at radius 2 is 1.95 bits per heavy atom. The molecular formula is C12H17NO6S. The standard InChI is InChI=1S/C12H17NO6S/c1-9(15)19-8-10-2-4-12(5-3-10)20(17,18)13-6-11(16)7-14/h2-5,11,13-14,16H,6-8H2,1H3. The van der Waals surface area contributed by atoms with Gasteiger partial charge in [-0.3, -0.25) is 4.79 Å². The Hall–Kier alpha value is -1.48. The summed E-state index contributed by atoms with van der Waals surface area (Å²) in [6, 6.07) is 5.79. The topological polar surface area (TPSA) is 113 Å². The number of carbonyl (C=O) groups excluding carboxylic acids is 1. The van der Waals surface area contributed by atoms with Crippen LogP contribution in [0.4, 0.5) is 0 Å². The van der Waals surface area contributed by atoms with E-state index >= 15 is 0 Å². The van der Waals surface area contributed by atoms with Gasteiger partial charge in [0.25, 0.3) is 0 Å². The van der Waals surface area contributed by atoms with Crippen molar-refractivity contribution in [1.29, 1.82) is 0 Å². The van der Waals surface area contributed by atoms with Gasteiger partial charge in [-0.15, -0.1) is 0 Å². The van der Waals surface area contributed by atoms with Crippen molar-refractivity contribution >= 4 is 16.0 Å². The van der Waals surface area contributed by atoms with Crippen LogP contribution < -0.4 is 4.72 Å². The molecule has 0 radical (unpaired) electrons. The Kier molecular flexibility index (Phi) is 6.08. The molecule has 8 heteroatoms. The highest BCUT2D eigenvalue weighted by Crippen LogP contribution is 2.11. The van der Waals surface area contributed by atoms with Gasteiger partial charge < -0.3 is 14.9 Å². The second kappa shape index (κ2) is 7.34. The molecule has 1 aromatic rings. The minimum atomic E-state index is -3.74. The van der Waals surface area contributed by atoms with Crippen LogP contribution in [0.25, 0.3) is 0 Å². The lowest BCUT2D eigenvalue weighted by Gasteiger charge is -2.10. The highest BCUT2D eigenvalue weighted by Gasteiger charge is 2.15. The number of ether oxygens (including phenoxy) is 1. The summed E-state index contributed by atoms with van der Waals surface area (Å²) >= 11 is 0. The zero-order chi connectivity index (χ0) is 15.2. The summed E-state index contributed by atoms with van der Waals surface area (Å²) in [6.07, 6.45) is -1.15. The zero-order valence-corrected chi connectivity index (χ0v) is 11.8. The lowest BCUT2D eigenvalue weighted by molar-refractivity contribution is -0.142. The highest BCUT2D eigenvalue weighted by atomic mass is 32.2. The molecule has 0 fully saturated rings. The third-order valence-electron chi connectivity index (χ3n) is 2.40. The molecule has 1 rings (SSSR count). The molecule has 0 aliphatic rings. The van der Waals surface area contributed by atoms with Crippen LogP contribution in [0.3, 0.4) is 0 Å². The number of sulfonamides is 1. The first-order chi connectivity index (χ1) is 9.35. The maximum atomic E-state index is 11.8. The molecular weight excluding hydrogens is 286 g/mol. The number of benzene rings is 1. The lowest BCUT2D eigenvalue weighted by atomic mass is 10.2. The highest BCUT2D eigenvalue weighted by molar-refractivity contribution is 7.89. The van der Waals surface area contributed by atoms with Gasteiger partial charge >= 0.3 is 5.97 Å². The number of carbonyl (C=O) groups is 1. The van der Waals surface area contributed by atoms with E-state index in [2.05, 4.69) is 4.72 Å². The second-order valence-corrected chi connectivity index (χ2v) is 5.88. The Labute approximate surface area is 117 Å². The smallest absolute Gasteiger partial charge is 0.302 e. The second-order valence-electron chi connectivity index (χ2n) is 4.11. The molecule has 3 N–H and O–H groups in total. The lowest BCUT2D eigenvalue weighted by Crippen LogP contribution is -2.33. The SMILES string of the molecule is CC(=O)OCc1ccc(S(=O)(=O)NCC(O)CO)cc1. The number of rotatable bonds is 7. The van der Waals surface area contributed by atoms with Gasteiger partial charge in [0.2, 0.25) is 10.0 Å². The summed E-state index contributed by atoms with van der Waals surface area (Å²) in [5, 5.41) is 17.7. The molecule has 20 heavy (non-hydrogen) atoms. The molecule has 0 aliphatic carbocycles. The molecule has 0 spiro atoms. The summed E-state index contributed by atoms with van der Waals surface area (Å²) in [5.74, 6) is -0.415. The van der Waals surface area contributed by atoms with Crippen LogP contribution in [0.15, 0.2) is 29.2 Å². The first kappa shape index (κ1) is 16.6. The van der Waals surface area contributed by atoms with Gasteiger partial charge in [-0.25, -0.2) is 13.1 Å². The number of nitrogens with one attached hydrogen (secondary N) is 1. The van der Waals surface area contributed by atoms with E-state index in [1.165, 1.54) is 31.2 Å². The predicted octanol–water partition coefficient (Wildman–Crippen LogP) is -0.619. The van der Waals surface area contributed by atoms with Gasteiger partial charge in [0, 0.05) is 13.5 Å². The van der Waals surface area contributed by atoms with Crippen LogP contribution in [-0.2, 0) is 26.2 Å². The van der Waals surface area contributed by atoms with Crippen LogP contribution in [0.5, 0.6) is 0 Å². The first-order valence-electron chi connectivity index (χ1n) is 5.86. The maximum Gasteiger partial charge on any atom is 0.302 e.